The zero-order valence-electron chi connectivity index (χ0n) is 18.1. The maximum Gasteiger partial charge on any atom is 0.346 e. The Morgan fingerprint density at radius 3 is 1.59 bits per heavy atom. The molecule has 2 aromatic carbocycles. The van der Waals surface area contributed by atoms with Crippen LogP contribution in [0.5, 0.6) is 0 Å². The van der Waals surface area contributed by atoms with Gasteiger partial charge in [-0.3, -0.25) is 9.59 Å². The average molecular weight is 436 g/mol. The maximum absolute atomic E-state index is 13.6. The highest BCUT2D eigenvalue weighted by atomic mass is 16.8. The monoisotopic (exact) mass is 436 g/mol. The molecular weight excluding hydrogens is 412 g/mol. The van der Waals surface area contributed by atoms with Gasteiger partial charge < -0.3 is 14.6 Å². The molecule has 1 N–H and O–H groups in total. The van der Waals surface area contributed by atoms with Crippen LogP contribution in [0.3, 0.4) is 0 Å². The summed E-state index contributed by atoms with van der Waals surface area (Å²) in [7, 11) is 0. The van der Waals surface area contributed by atoms with Gasteiger partial charge in [0.25, 0.3) is 23.5 Å². The van der Waals surface area contributed by atoms with Gasteiger partial charge in [-0.2, -0.15) is 0 Å². The van der Waals surface area contributed by atoms with E-state index in [1.807, 2.05) is 60.7 Å². The lowest BCUT2D eigenvalue weighted by atomic mass is 9.80. The minimum absolute atomic E-state index is 0.114. The van der Waals surface area contributed by atoms with Gasteiger partial charge in [0.05, 0.1) is 13.1 Å². The predicted octanol–water partition coefficient (Wildman–Crippen LogP) is 3.06. The molecule has 2 heterocycles. The van der Waals surface area contributed by atoms with E-state index in [9.17, 15) is 19.5 Å². The number of carbonyl (C=O) groups is 3. The number of aliphatic hydroxyl groups is 1. The van der Waals surface area contributed by atoms with Crippen LogP contribution < -0.4 is 0 Å². The molecule has 1 fully saturated rings. The van der Waals surface area contributed by atoms with Crippen LogP contribution in [-0.2, 0) is 36.9 Å². The second kappa shape index (κ2) is 7.71. The SMILES string of the molecule is CC1(C)OC(=O)C(C2(C)C(=O)N(Cc3ccccc3)N(Cc3ccccc3)C2=O)=C(O)O1. The van der Waals surface area contributed by atoms with E-state index in [4.69, 9.17) is 9.47 Å². The van der Waals surface area contributed by atoms with Gasteiger partial charge in [0.1, 0.15) is 5.57 Å². The normalized spacial score (nSPS) is 19.8. The molecule has 0 saturated carbocycles. The zero-order chi connectivity index (χ0) is 23.1. The Bertz CT molecular complexity index is 1030. The van der Waals surface area contributed by atoms with Crippen LogP contribution in [0.25, 0.3) is 0 Å². The van der Waals surface area contributed by atoms with Gasteiger partial charge in [-0.25, -0.2) is 14.8 Å². The molecular formula is C24H24N2O6. The summed E-state index contributed by atoms with van der Waals surface area (Å²) < 4.78 is 10.5. The number of rotatable bonds is 5. The highest BCUT2D eigenvalue weighted by molar-refractivity contribution is 6.17. The van der Waals surface area contributed by atoms with E-state index in [-0.39, 0.29) is 13.1 Å². The number of amides is 2. The number of hydrogen-bond acceptors (Lipinski definition) is 6. The molecule has 0 spiro atoms. The fourth-order valence-corrected chi connectivity index (χ4v) is 3.95. The second-order valence-corrected chi connectivity index (χ2v) is 8.39. The molecule has 4 rings (SSSR count). The van der Waals surface area contributed by atoms with Crippen LogP contribution in [0.2, 0.25) is 0 Å². The number of hydrazine groups is 1. The first-order valence-electron chi connectivity index (χ1n) is 10.2. The summed E-state index contributed by atoms with van der Waals surface area (Å²) in [5, 5.41) is 13.1. The highest BCUT2D eigenvalue weighted by Crippen LogP contribution is 2.44. The van der Waals surface area contributed by atoms with Crippen LogP contribution >= 0.6 is 0 Å². The Hall–Kier alpha value is -3.81. The molecule has 2 aliphatic rings. The molecule has 8 heteroatoms. The predicted molar refractivity (Wildman–Crippen MR) is 113 cm³/mol. The quantitative estimate of drug-likeness (QED) is 0.572. The first-order valence-corrected chi connectivity index (χ1v) is 10.2. The van der Waals surface area contributed by atoms with Crippen molar-refractivity contribution in [3.8, 4) is 0 Å². The number of hydrogen-bond donors (Lipinski definition) is 1. The van der Waals surface area contributed by atoms with Crippen molar-refractivity contribution in [2.24, 2.45) is 5.41 Å². The molecule has 0 aromatic heterocycles. The van der Waals surface area contributed by atoms with E-state index < -0.39 is 40.5 Å². The lowest BCUT2D eigenvalue weighted by Gasteiger charge is -2.33. The number of benzene rings is 2. The van der Waals surface area contributed by atoms with E-state index >= 15 is 0 Å². The summed E-state index contributed by atoms with van der Waals surface area (Å²) in [5.41, 5.74) is -0.891. The Morgan fingerprint density at radius 2 is 1.19 bits per heavy atom. The van der Waals surface area contributed by atoms with Crippen LogP contribution in [-0.4, -0.2) is 38.7 Å². The van der Waals surface area contributed by atoms with Crippen molar-refractivity contribution < 1.29 is 29.0 Å². The lowest BCUT2D eigenvalue weighted by molar-refractivity contribution is -0.224. The van der Waals surface area contributed by atoms with E-state index in [0.29, 0.717) is 0 Å². The van der Waals surface area contributed by atoms with Gasteiger partial charge in [-0.05, 0) is 18.1 Å². The van der Waals surface area contributed by atoms with Gasteiger partial charge in [0.2, 0.25) is 0 Å². The van der Waals surface area contributed by atoms with E-state index in [1.165, 1.54) is 30.8 Å². The van der Waals surface area contributed by atoms with Gasteiger partial charge in [0, 0.05) is 13.8 Å². The molecule has 2 amide bonds. The van der Waals surface area contributed by atoms with Crippen LogP contribution in [0.15, 0.2) is 72.2 Å². The summed E-state index contributed by atoms with van der Waals surface area (Å²) >= 11 is 0. The van der Waals surface area contributed by atoms with Crippen molar-refractivity contribution in [1.29, 1.82) is 0 Å². The third-order valence-corrected chi connectivity index (χ3v) is 5.57. The number of ether oxygens (including phenoxy) is 2. The molecule has 2 aliphatic heterocycles. The molecule has 0 atom stereocenters. The van der Waals surface area contributed by atoms with Gasteiger partial charge in [0.15, 0.2) is 5.41 Å². The number of esters is 1. The first-order chi connectivity index (χ1) is 15.1. The second-order valence-electron chi connectivity index (χ2n) is 8.39. The van der Waals surface area contributed by atoms with E-state index in [1.54, 1.807) is 0 Å². The average Bonchev–Trinajstić information content (AvgIpc) is 2.90. The zero-order valence-corrected chi connectivity index (χ0v) is 18.1. The Labute approximate surface area is 185 Å². The molecule has 0 bridgehead atoms. The van der Waals surface area contributed by atoms with Crippen LogP contribution in [0, 0.1) is 5.41 Å². The Morgan fingerprint density at radius 1 is 0.750 bits per heavy atom. The minimum Gasteiger partial charge on any atom is -0.480 e. The van der Waals surface area contributed by atoms with Crippen molar-refractivity contribution in [2.45, 2.75) is 39.6 Å². The smallest absolute Gasteiger partial charge is 0.346 e. The van der Waals surface area contributed by atoms with E-state index in [0.717, 1.165) is 11.1 Å². The van der Waals surface area contributed by atoms with E-state index in [2.05, 4.69) is 0 Å². The van der Waals surface area contributed by atoms with Crippen molar-refractivity contribution in [3.63, 3.8) is 0 Å². The summed E-state index contributed by atoms with van der Waals surface area (Å²) in [5.74, 6) is -4.46. The molecule has 0 unspecified atom stereocenters. The molecule has 1 saturated heterocycles. The van der Waals surface area contributed by atoms with Crippen molar-refractivity contribution in [1.82, 2.24) is 10.0 Å². The van der Waals surface area contributed by atoms with Crippen molar-refractivity contribution in [3.05, 3.63) is 83.3 Å². The number of carbonyl (C=O) groups excluding carboxylic acids is 3. The largest absolute Gasteiger partial charge is 0.480 e. The van der Waals surface area contributed by atoms with Crippen LogP contribution in [0.4, 0.5) is 0 Å². The topological polar surface area (TPSA) is 96.4 Å². The molecule has 8 nitrogen and oxygen atoms in total. The summed E-state index contributed by atoms with van der Waals surface area (Å²) in [6.07, 6.45) is 0. The fraction of sp³-hybridized carbons (Fsp3) is 0.292. The molecule has 2 aromatic rings. The fourth-order valence-electron chi connectivity index (χ4n) is 3.95. The first kappa shape index (κ1) is 21.4. The number of cyclic esters (lactones) is 1. The molecule has 32 heavy (non-hydrogen) atoms. The summed E-state index contributed by atoms with van der Waals surface area (Å²) in [6, 6.07) is 18.4. The third-order valence-electron chi connectivity index (χ3n) is 5.57. The Balaban J connectivity index is 1.78. The number of nitrogens with zero attached hydrogens (tertiary/aromatic N) is 2. The highest BCUT2D eigenvalue weighted by Gasteiger charge is 2.62. The van der Waals surface area contributed by atoms with Crippen molar-refractivity contribution >= 4 is 17.8 Å². The van der Waals surface area contributed by atoms with Gasteiger partial charge >= 0.3 is 5.97 Å². The molecule has 0 aliphatic carbocycles. The maximum atomic E-state index is 13.6. The summed E-state index contributed by atoms with van der Waals surface area (Å²) in [4.78, 5) is 40.1. The summed E-state index contributed by atoms with van der Waals surface area (Å²) in [6.45, 7) is 4.44. The molecule has 166 valence electrons. The standard InChI is InChI=1S/C24H24N2O6/c1-23(2)31-19(27)18(20(28)32-23)24(3)21(29)25(14-16-10-6-4-7-11-16)26(22(24)30)15-17-12-8-5-9-13-17/h4-13,27H,14-15H2,1-3H3. The number of aliphatic hydroxyl groups excluding tert-OH is 1. The van der Waals surface area contributed by atoms with Gasteiger partial charge in [-0.1, -0.05) is 60.7 Å². The third kappa shape index (κ3) is 3.57. The van der Waals surface area contributed by atoms with Crippen molar-refractivity contribution in [2.75, 3.05) is 0 Å². The molecule has 0 radical (unpaired) electrons. The minimum atomic E-state index is -2.00. The lowest BCUT2D eigenvalue weighted by Crippen LogP contribution is -2.46. The van der Waals surface area contributed by atoms with Crippen LogP contribution in [0.1, 0.15) is 31.9 Å². The Kier molecular flexibility index (Phi) is 5.16. The van der Waals surface area contributed by atoms with Gasteiger partial charge in [-0.15, -0.1) is 0 Å².